The standard InChI is InChI=1S/C38H24N6/c1-3-11-25(12-4-1)36-40-37(26-13-5-2-6-14-26)42-38(41-36)44-33-18-10-8-16-29(33)31-20-19-30-28-15-7-9-17-32(28)43(34(30)35(31)44)27-21-23-39-24-22-27/h1-24H. The average molecular weight is 565 g/mol. The smallest absolute Gasteiger partial charge is 0.238 e. The molecule has 4 heterocycles. The molecule has 0 radical (unpaired) electrons. The molecule has 0 saturated carbocycles. The Morgan fingerprint density at radius 2 is 0.864 bits per heavy atom. The number of benzene rings is 5. The number of fused-ring (bicyclic) bond motifs is 7. The van der Waals surface area contributed by atoms with Crippen LogP contribution in [-0.4, -0.2) is 29.1 Å². The van der Waals surface area contributed by atoms with Crippen molar-refractivity contribution in [3.63, 3.8) is 0 Å². The molecule has 0 unspecified atom stereocenters. The largest absolute Gasteiger partial charge is 0.307 e. The Hall–Kier alpha value is -6.14. The van der Waals surface area contributed by atoms with Crippen LogP contribution in [-0.2, 0) is 0 Å². The fourth-order valence-corrected chi connectivity index (χ4v) is 6.37. The molecule has 0 saturated heterocycles. The molecule has 206 valence electrons. The molecule has 44 heavy (non-hydrogen) atoms. The van der Waals surface area contributed by atoms with E-state index in [0.717, 1.165) is 55.0 Å². The monoisotopic (exact) mass is 564 g/mol. The van der Waals surface area contributed by atoms with Crippen LogP contribution in [0, 0.1) is 0 Å². The quantitative estimate of drug-likeness (QED) is 0.214. The second-order valence-corrected chi connectivity index (χ2v) is 10.8. The van der Waals surface area contributed by atoms with Crippen LogP contribution >= 0.6 is 0 Å². The zero-order chi connectivity index (χ0) is 29.0. The number of para-hydroxylation sites is 2. The first-order chi connectivity index (χ1) is 21.8. The first-order valence-electron chi connectivity index (χ1n) is 14.6. The lowest BCUT2D eigenvalue weighted by atomic mass is 10.1. The molecule has 0 atom stereocenters. The average Bonchev–Trinajstić information content (AvgIpc) is 3.62. The van der Waals surface area contributed by atoms with Gasteiger partial charge >= 0.3 is 0 Å². The molecule has 0 amide bonds. The fraction of sp³-hybridized carbons (Fsp3) is 0. The lowest BCUT2D eigenvalue weighted by Gasteiger charge is -2.13. The number of rotatable bonds is 4. The van der Waals surface area contributed by atoms with Crippen LogP contribution in [0.1, 0.15) is 0 Å². The molecule has 9 rings (SSSR count). The molecule has 0 aliphatic rings. The van der Waals surface area contributed by atoms with Gasteiger partial charge in [-0.05, 0) is 24.3 Å². The SMILES string of the molecule is c1ccc(-c2nc(-c3ccccc3)nc(-n3c4ccccc4c4ccc5c6ccccc6n(-c6ccncc6)c5c43)n2)cc1. The summed E-state index contributed by atoms with van der Waals surface area (Å²) in [4.78, 5) is 19.6. The van der Waals surface area contributed by atoms with E-state index in [1.54, 1.807) is 0 Å². The summed E-state index contributed by atoms with van der Waals surface area (Å²) in [5.74, 6) is 1.83. The number of hydrogen-bond donors (Lipinski definition) is 0. The van der Waals surface area contributed by atoms with E-state index in [2.05, 4.69) is 86.9 Å². The summed E-state index contributed by atoms with van der Waals surface area (Å²) in [6.45, 7) is 0. The summed E-state index contributed by atoms with van der Waals surface area (Å²) >= 11 is 0. The predicted molar refractivity (Wildman–Crippen MR) is 177 cm³/mol. The van der Waals surface area contributed by atoms with Crippen LogP contribution < -0.4 is 0 Å². The van der Waals surface area contributed by atoms with E-state index in [1.807, 2.05) is 73.1 Å². The number of aromatic nitrogens is 6. The van der Waals surface area contributed by atoms with Gasteiger partial charge in [0.1, 0.15) is 0 Å². The third-order valence-electron chi connectivity index (χ3n) is 8.28. The molecule has 6 heteroatoms. The van der Waals surface area contributed by atoms with Gasteiger partial charge in [-0.2, -0.15) is 9.97 Å². The summed E-state index contributed by atoms with van der Waals surface area (Å²) in [6, 6.07) is 45.9. The molecule has 0 bridgehead atoms. The van der Waals surface area contributed by atoms with Gasteiger partial charge in [-0.25, -0.2) is 4.98 Å². The van der Waals surface area contributed by atoms with Crippen molar-refractivity contribution in [1.29, 1.82) is 0 Å². The molecular weight excluding hydrogens is 540 g/mol. The first-order valence-corrected chi connectivity index (χ1v) is 14.6. The van der Waals surface area contributed by atoms with Crippen molar-refractivity contribution in [2.45, 2.75) is 0 Å². The highest BCUT2D eigenvalue weighted by Crippen LogP contribution is 2.41. The van der Waals surface area contributed by atoms with E-state index in [0.29, 0.717) is 17.6 Å². The van der Waals surface area contributed by atoms with Gasteiger partial charge in [-0.1, -0.05) is 109 Å². The zero-order valence-electron chi connectivity index (χ0n) is 23.5. The number of hydrogen-bond acceptors (Lipinski definition) is 4. The Bertz CT molecular complexity index is 2420. The third kappa shape index (κ3) is 3.68. The van der Waals surface area contributed by atoms with E-state index in [4.69, 9.17) is 15.0 Å². The topological polar surface area (TPSA) is 61.4 Å². The van der Waals surface area contributed by atoms with E-state index in [9.17, 15) is 0 Å². The van der Waals surface area contributed by atoms with Gasteiger partial charge < -0.3 is 4.57 Å². The lowest BCUT2D eigenvalue weighted by Crippen LogP contribution is -2.07. The van der Waals surface area contributed by atoms with Crippen molar-refractivity contribution in [3.05, 3.63) is 146 Å². The molecular formula is C38H24N6. The van der Waals surface area contributed by atoms with Gasteiger partial charge in [-0.15, -0.1) is 0 Å². The van der Waals surface area contributed by atoms with Gasteiger partial charge in [0.2, 0.25) is 5.95 Å². The van der Waals surface area contributed by atoms with Gasteiger partial charge in [0.25, 0.3) is 0 Å². The minimum absolute atomic E-state index is 0.572. The minimum atomic E-state index is 0.572. The van der Waals surface area contributed by atoms with Crippen LogP contribution in [0.25, 0.3) is 78.0 Å². The maximum atomic E-state index is 5.16. The second kappa shape index (κ2) is 9.71. The van der Waals surface area contributed by atoms with Gasteiger partial charge in [0.05, 0.1) is 22.1 Å². The molecule has 0 aliphatic heterocycles. The fourth-order valence-electron chi connectivity index (χ4n) is 6.37. The maximum Gasteiger partial charge on any atom is 0.238 e. The van der Waals surface area contributed by atoms with Gasteiger partial charge in [-0.3, -0.25) is 9.55 Å². The molecule has 0 aliphatic carbocycles. The van der Waals surface area contributed by atoms with Crippen LogP contribution in [0.3, 0.4) is 0 Å². The number of nitrogens with zero attached hydrogens (tertiary/aromatic N) is 6. The summed E-state index contributed by atoms with van der Waals surface area (Å²) in [7, 11) is 0. The van der Waals surface area contributed by atoms with Crippen molar-refractivity contribution in [1.82, 2.24) is 29.1 Å². The highest BCUT2D eigenvalue weighted by molar-refractivity contribution is 6.23. The molecule has 0 fully saturated rings. The van der Waals surface area contributed by atoms with Crippen molar-refractivity contribution >= 4 is 43.6 Å². The Morgan fingerprint density at radius 3 is 1.43 bits per heavy atom. The lowest BCUT2D eigenvalue weighted by molar-refractivity contribution is 0.953. The molecule has 4 aromatic heterocycles. The first kappa shape index (κ1) is 24.5. The molecule has 5 aromatic carbocycles. The molecule has 0 spiro atoms. The van der Waals surface area contributed by atoms with Crippen LogP contribution in [0.2, 0.25) is 0 Å². The van der Waals surface area contributed by atoms with E-state index in [-0.39, 0.29) is 0 Å². The molecule has 6 nitrogen and oxygen atoms in total. The zero-order valence-corrected chi connectivity index (χ0v) is 23.5. The third-order valence-corrected chi connectivity index (χ3v) is 8.28. The minimum Gasteiger partial charge on any atom is -0.307 e. The van der Waals surface area contributed by atoms with Crippen molar-refractivity contribution < 1.29 is 0 Å². The van der Waals surface area contributed by atoms with E-state index in [1.165, 1.54) is 5.39 Å². The summed E-state index contributed by atoms with van der Waals surface area (Å²) in [5, 5.41) is 4.62. The van der Waals surface area contributed by atoms with E-state index >= 15 is 0 Å². The summed E-state index contributed by atoms with van der Waals surface area (Å²) < 4.78 is 4.55. The van der Waals surface area contributed by atoms with Crippen LogP contribution in [0.4, 0.5) is 0 Å². The normalized spacial score (nSPS) is 11.6. The Balaban J connectivity index is 1.48. The van der Waals surface area contributed by atoms with Crippen molar-refractivity contribution in [2.75, 3.05) is 0 Å². The predicted octanol–water partition coefficient (Wildman–Crippen LogP) is 8.79. The van der Waals surface area contributed by atoms with Crippen LogP contribution in [0.5, 0.6) is 0 Å². The molecule has 0 N–H and O–H groups in total. The second-order valence-electron chi connectivity index (χ2n) is 10.8. The Labute approximate surface area is 252 Å². The highest BCUT2D eigenvalue weighted by Gasteiger charge is 2.23. The highest BCUT2D eigenvalue weighted by atomic mass is 15.2. The summed E-state index contributed by atoms with van der Waals surface area (Å²) in [5.41, 5.74) is 7.21. The Morgan fingerprint density at radius 1 is 0.386 bits per heavy atom. The maximum absolute atomic E-state index is 5.16. The van der Waals surface area contributed by atoms with Gasteiger partial charge in [0.15, 0.2) is 11.6 Å². The number of pyridine rings is 1. The van der Waals surface area contributed by atoms with Crippen molar-refractivity contribution in [3.8, 4) is 34.4 Å². The summed E-state index contributed by atoms with van der Waals surface area (Å²) in [6.07, 6.45) is 3.69. The van der Waals surface area contributed by atoms with Crippen LogP contribution in [0.15, 0.2) is 146 Å². The molecule has 9 aromatic rings. The van der Waals surface area contributed by atoms with E-state index < -0.39 is 0 Å². The van der Waals surface area contributed by atoms with Crippen molar-refractivity contribution in [2.24, 2.45) is 0 Å². The van der Waals surface area contributed by atoms with Gasteiger partial charge in [0, 0.05) is 50.8 Å². The Kier molecular flexibility index (Phi) is 5.40.